The topological polar surface area (TPSA) is 150 Å². The number of rotatable bonds is 14. The number of halogens is 4. The molecular formula is C37H31F3IN3O8. The smallest absolute Gasteiger partial charge is 0.344 e. The van der Waals surface area contributed by atoms with E-state index < -0.39 is 71.9 Å². The Morgan fingerprint density at radius 3 is 2.10 bits per heavy atom. The van der Waals surface area contributed by atoms with Crippen LogP contribution in [0.1, 0.15) is 29.8 Å². The number of hydrogen-bond acceptors (Lipinski definition) is 9. The van der Waals surface area contributed by atoms with Crippen molar-refractivity contribution in [3.8, 4) is 11.1 Å². The predicted molar refractivity (Wildman–Crippen MR) is 197 cm³/mol. The lowest BCUT2D eigenvalue weighted by molar-refractivity contribution is -0.136. The SMILES string of the molecule is CCN(CC)c1ccc2c(COC(=O)c3ccc(F)c(F)c3Nc3ccc(I)cc3F)c(-c3ccc(N(CC(=O)O)CC(=O)O)cc3)c(=O)oc2c1. The number of carbonyl (C=O) groups is 3. The molecular weight excluding hydrogens is 798 g/mol. The van der Waals surface area contributed by atoms with E-state index in [0.717, 1.165) is 22.7 Å². The zero-order valence-corrected chi connectivity index (χ0v) is 29.9. The Morgan fingerprint density at radius 2 is 1.48 bits per heavy atom. The average molecular weight is 830 g/mol. The van der Waals surface area contributed by atoms with Crippen LogP contribution in [-0.4, -0.2) is 54.3 Å². The highest BCUT2D eigenvalue weighted by molar-refractivity contribution is 14.1. The van der Waals surface area contributed by atoms with Gasteiger partial charge in [-0.1, -0.05) is 12.1 Å². The zero-order valence-electron chi connectivity index (χ0n) is 27.7. The molecule has 0 saturated heterocycles. The van der Waals surface area contributed by atoms with Gasteiger partial charge in [-0.2, -0.15) is 0 Å². The Hall–Kier alpha value is -5.58. The normalized spacial score (nSPS) is 11.0. The van der Waals surface area contributed by atoms with Gasteiger partial charge >= 0.3 is 23.5 Å². The second-order valence-corrected chi connectivity index (χ2v) is 12.6. The van der Waals surface area contributed by atoms with E-state index in [2.05, 4.69) is 5.32 Å². The maximum atomic E-state index is 15.1. The minimum Gasteiger partial charge on any atom is -0.480 e. The van der Waals surface area contributed by atoms with Crippen LogP contribution < -0.4 is 20.7 Å². The van der Waals surface area contributed by atoms with E-state index in [9.17, 15) is 38.2 Å². The molecule has 4 aromatic carbocycles. The molecule has 270 valence electrons. The Labute approximate surface area is 308 Å². The number of carbonyl (C=O) groups excluding carboxylic acids is 1. The van der Waals surface area contributed by atoms with Gasteiger partial charge < -0.3 is 34.5 Å². The minimum absolute atomic E-state index is 0.0185. The molecule has 3 N–H and O–H groups in total. The van der Waals surface area contributed by atoms with Gasteiger partial charge in [-0.3, -0.25) is 9.59 Å². The summed E-state index contributed by atoms with van der Waals surface area (Å²) in [5, 5.41) is 21.4. The molecule has 11 nitrogen and oxygen atoms in total. The van der Waals surface area contributed by atoms with Crippen LogP contribution in [0, 0.1) is 21.0 Å². The predicted octanol–water partition coefficient (Wildman–Crippen LogP) is 7.40. The van der Waals surface area contributed by atoms with Crippen LogP contribution in [-0.2, 0) is 20.9 Å². The molecule has 5 aromatic rings. The summed E-state index contributed by atoms with van der Waals surface area (Å²) in [5.74, 6) is -7.13. The number of fused-ring (bicyclic) bond motifs is 1. The number of benzene rings is 4. The summed E-state index contributed by atoms with van der Waals surface area (Å²) in [5.41, 5.74) is -0.484. The third-order valence-corrected chi connectivity index (χ3v) is 8.82. The maximum absolute atomic E-state index is 15.1. The monoisotopic (exact) mass is 829 g/mol. The first-order valence-electron chi connectivity index (χ1n) is 15.8. The average Bonchev–Trinajstić information content (AvgIpc) is 3.10. The van der Waals surface area contributed by atoms with Crippen molar-refractivity contribution in [2.45, 2.75) is 20.5 Å². The van der Waals surface area contributed by atoms with Crippen molar-refractivity contribution in [3.63, 3.8) is 0 Å². The van der Waals surface area contributed by atoms with Crippen LogP contribution in [0.15, 0.2) is 82.0 Å². The first-order chi connectivity index (χ1) is 24.8. The van der Waals surface area contributed by atoms with E-state index in [1.165, 1.54) is 42.5 Å². The van der Waals surface area contributed by atoms with Crippen LogP contribution in [0.4, 0.5) is 35.9 Å². The summed E-state index contributed by atoms with van der Waals surface area (Å²) in [6.45, 7) is 3.50. The molecule has 0 amide bonds. The molecule has 0 aliphatic rings. The Bertz CT molecular complexity index is 2210. The number of esters is 1. The molecule has 0 aliphatic heterocycles. The lowest BCUT2D eigenvalue weighted by Gasteiger charge is -2.22. The molecule has 0 aliphatic carbocycles. The van der Waals surface area contributed by atoms with Crippen molar-refractivity contribution in [1.82, 2.24) is 0 Å². The number of ether oxygens (including phenoxy) is 1. The van der Waals surface area contributed by atoms with E-state index in [1.54, 1.807) is 18.2 Å². The van der Waals surface area contributed by atoms with Crippen molar-refractivity contribution < 1.29 is 46.9 Å². The number of nitrogens with one attached hydrogen (secondary N) is 1. The van der Waals surface area contributed by atoms with Gasteiger partial charge in [0, 0.05) is 45.1 Å². The molecule has 5 rings (SSSR count). The van der Waals surface area contributed by atoms with Gasteiger partial charge in [-0.05, 0) is 96.6 Å². The summed E-state index contributed by atoms with van der Waals surface area (Å²) >= 11 is 1.88. The van der Waals surface area contributed by atoms with Crippen molar-refractivity contribution in [2.24, 2.45) is 0 Å². The standard InChI is InChI=1S/C37H31F3IN3O8/c1-3-43(4-2)23-10-11-24-26(19-51-36(49)25-12-13-27(38)34(40)35(25)42-29-14-7-21(41)15-28(29)39)33(37(50)52-30(24)16-23)20-5-8-22(9-6-20)44(17-31(45)46)18-32(47)48/h5-16,42H,3-4,17-19H2,1-2H3,(H,45,46)(H,47,48). The molecule has 0 bridgehead atoms. The summed E-state index contributed by atoms with van der Waals surface area (Å²) in [6, 6.07) is 16.7. The third-order valence-electron chi connectivity index (χ3n) is 8.15. The van der Waals surface area contributed by atoms with Crippen molar-refractivity contribution in [1.29, 1.82) is 0 Å². The fraction of sp³-hybridized carbons (Fsp3) is 0.189. The zero-order chi connectivity index (χ0) is 37.7. The van der Waals surface area contributed by atoms with E-state index in [0.29, 0.717) is 22.0 Å². The largest absolute Gasteiger partial charge is 0.480 e. The van der Waals surface area contributed by atoms with Crippen molar-refractivity contribution in [3.05, 3.63) is 115 Å². The third kappa shape index (κ3) is 8.30. The molecule has 52 heavy (non-hydrogen) atoms. The Kier molecular flexibility index (Phi) is 11.7. The second-order valence-electron chi connectivity index (χ2n) is 11.4. The number of carboxylic acids is 2. The first-order valence-corrected chi connectivity index (χ1v) is 16.9. The van der Waals surface area contributed by atoms with Gasteiger partial charge in [0.05, 0.1) is 22.5 Å². The van der Waals surface area contributed by atoms with E-state index in [-0.39, 0.29) is 33.6 Å². The summed E-state index contributed by atoms with van der Waals surface area (Å²) < 4.78 is 56.1. The summed E-state index contributed by atoms with van der Waals surface area (Å²) in [7, 11) is 0. The van der Waals surface area contributed by atoms with E-state index in [1.807, 2.05) is 41.3 Å². The molecule has 1 heterocycles. The molecule has 0 radical (unpaired) electrons. The van der Waals surface area contributed by atoms with Gasteiger partial charge in [-0.15, -0.1) is 0 Å². The Morgan fingerprint density at radius 1 is 0.827 bits per heavy atom. The number of hydrogen-bond donors (Lipinski definition) is 3. The molecule has 15 heteroatoms. The Balaban J connectivity index is 1.58. The molecule has 0 fully saturated rings. The summed E-state index contributed by atoms with van der Waals surface area (Å²) in [6.07, 6.45) is 0. The van der Waals surface area contributed by atoms with Crippen LogP contribution in [0.2, 0.25) is 0 Å². The number of aliphatic carboxylic acids is 2. The number of carboxylic acid groups (broad SMARTS) is 2. The minimum atomic E-state index is -1.44. The van der Waals surface area contributed by atoms with Crippen LogP contribution in [0.25, 0.3) is 22.1 Å². The molecule has 0 saturated carbocycles. The number of anilines is 4. The fourth-order valence-corrected chi connectivity index (χ4v) is 6.12. The lowest BCUT2D eigenvalue weighted by atomic mass is 9.98. The van der Waals surface area contributed by atoms with Gasteiger partial charge in [0.15, 0.2) is 11.6 Å². The van der Waals surface area contributed by atoms with Crippen LogP contribution in [0.5, 0.6) is 0 Å². The molecule has 0 spiro atoms. The van der Waals surface area contributed by atoms with Crippen LogP contribution in [0.3, 0.4) is 0 Å². The highest BCUT2D eigenvalue weighted by atomic mass is 127. The fourth-order valence-electron chi connectivity index (χ4n) is 5.67. The van der Waals surface area contributed by atoms with Gasteiger partial charge in [-0.25, -0.2) is 22.8 Å². The van der Waals surface area contributed by atoms with E-state index in [4.69, 9.17) is 9.15 Å². The highest BCUT2D eigenvalue weighted by Crippen LogP contribution is 2.33. The molecule has 0 atom stereocenters. The lowest BCUT2D eigenvalue weighted by Crippen LogP contribution is -2.34. The second kappa shape index (κ2) is 16.2. The summed E-state index contributed by atoms with van der Waals surface area (Å²) in [4.78, 5) is 53.1. The highest BCUT2D eigenvalue weighted by Gasteiger charge is 2.24. The van der Waals surface area contributed by atoms with Gasteiger partial charge in [0.2, 0.25) is 0 Å². The van der Waals surface area contributed by atoms with Gasteiger partial charge in [0.25, 0.3) is 0 Å². The maximum Gasteiger partial charge on any atom is 0.344 e. The van der Waals surface area contributed by atoms with Crippen molar-refractivity contribution >= 4 is 74.2 Å². The van der Waals surface area contributed by atoms with Crippen LogP contribution >= 0.6 is 22.6 Å². The van der Waals surface area contributed by atoms with E-state index >= 15 is 4.39 Å². The molecule has 0 unspecified atom stereocenters. The van der Waals surface area contributed by atoms with Gasteiger partial charge in [0.1, 0.15) is 31.1 Å². The first kappa shape index (κ1) is 37.7. The molecule has 1 aromatic heterocycles. The van der Waals surface area contributed by atoms with Crippen molar-refractivity contribution in [2.75, 3.05) is 41.3 Å². The quantitative estimate of drug-likeness (QED) is 0.0584. The number of nitrogens with zero attached hydrogens (tertiary/aromatic N) is 2.